The Morgan fingerprint density at radius 1 is 1.21 bits per heavy atom. The third kappa shape index (κ3) is 2.54. The standard InChI is InChI=1S/C16H18N2O/c1-3-16(2,11-19)18-15-9-8-12(10-17)13-6-4-5-7-14(13)15/h4-9,18-19H,3,11H2,1-2H3. The van der Waals surface area contributed by atoms with Crippen LogP contribution in [0.1, 0.15) is 25.8 Å². The Labute approximate surface area is 113 Å². The van der Waals surface area contributed by atoms with Crippen LogP contribution in [0, 0.1) is 11.3 Å². The second kappa shape index (κ2) is 5.29. The van der Waals surface area contributed by atoms with Gasteiger partial charge in [-0.2, -0.15) is 5.26 Å². The molecule has 2 N–H and O–H groups in total. The van der Waals surface area contributed by atoms with Crippen LogP contribution in [0.15, 0.2) is 36.4 Å². The van der Waals surface area contributed by atoms with E-state index in [1.54, 1.807) is 0 Å². The van der Waals surface area contributed by atoms with E-state index < -0.39 is 0 Å². The first-order valence-corrected chi connectivity index (χ1v) is 6.44. The van der Waals surface area contributed by atoms with Crippen molar-refractivity contribution in [1.82, 2.24) is 0 Å². The third-order valence-corrected chi connectivity index (χ3v) is 3.61. The number of hydrogen-bond donors (Lipinski definition) is 2. The number of fused-ring (bicyclic) bond motifs is 1. The molecule has 0 spiro atoms. The highest BCUT2D eigenvalue weighted by Gasteiger charge is 2.21. The van der Waals surface area contributed by atoms with E-state index >= 15 is 0 Å². The quantitative estimate of drug-likeness (QED) is 0.880. The monoisotopic (exact) mass is 254 g/mol. The van der Waals surface area contributed by atoms with Crippen LogP contribution in [-0.4, -0.2) is 17.3 Å². The molecular weight excluding hydrogens is 236 g/mol. The zero-order valence-electron chi connectivity index (χ0n) is 11.3. The first-order chi connectivity index (χ1) is 9.13. The Hall–Kier alpha value is -2.05. The van der Waals surface area contributed by atoms with E-state index in [4.69, 9.17) is 5.26 Å². The van der Waals surface area contributed by atoms with Crippen LogP contribution < -0.4 is 5.32 Å². The van der Waals surface area contributed by atoms with E-state index in [-0.39, 0.29) is 12.1 Å². The number of aliphatic hydroxyl groups excluding tert-OH is 1. The first kappa shape index (κ1) is 13.4. The fraction of sp³-hybridized carbons (Fsp3) is 0.312. The van der Waals surface area contributed by atoms with Crippen LogP contribution >= 0.6 is 0 Å². The maximum atomic E-state index is 9.50. The topological polar surface area (TPSA) is 56.0 Å². The smallest absolute Gasteiger partial charge is 0.0998 e. The molecule has 0 radical (unpaired) electrons. The fourth-order valence-corrected chi connectivity index (χ4v) is 2.07. The molecule has 0 aliphatic rings. The SMILES string of the molecule is CCC(C)(CO)Nc1ccc(C#N)c2ccccc12. The lowest BCUT2D eigenvalue weighted by Crippen LogP contribution is -2.38. The number of nitrogens with one attached hydrogen (secondary N) is 1. The van der Waals surface area contributed by atoms with Crippen LogP contribution in [0.3, 0.4) is 0 Å². The minimum Gasteiger partial charge on any atom is -0.394 e. The number of anilines is 1. The summed E-state index contributed by atoms with van der Waals surface area (Å²) in [5.74, 6) is 0. The van der Waals surface area contributed by atoms with E-state index in [9.17, 15) is 5.11 Å². The lowest BCUT2D eigenvalue weighted by atomic mass is 9.97. The molecule has 2 aromatic carbocycles. The van der Waals surface area contributed by atoms with Gasteiger partial charge in [0.25, 0.3) is 0 Å². The number of rotatable bonds is 4. The minimum atomic E-state index is -0.350. The summed E-state index contributed by atoms with van der Waals surface area (Å²) in [5.41, 5.74) is 1.27. The average Bonchev–Trinajstić information content (AvgIpc) is 2.47. The Kier molecular flexibility index (Phi) is 3.73. The molecule has 19 heavy (non-hydrogen) atoms. The molecule has 0 aliphatic carbocycles. The zero-order valence-corrected chi connectivity index (χ0v) is 11.3. The molecule has 0 aliphatic heterocycles. The minimum absolute atomic E-state index is 0.0673. The summed E-state index contributed by atoms with van der Waals surface area (Å²) in [6.07, 6.45) is 0.817. The van der Waals surface area contributed by atoms with Gasteiger partial charge in [-0.05, 0) is 25.5 Å². The van der Waals surface area contributed by atoms with Gasteiger partial charge in [0.1, 0.15) is 0 Å². The largest absolute Gasteiger partial charge is 0.394 e. The summed E-state index contributed by atoms with van der Waals surface area (Å²) in [7, 11) is 0. The van der Waals surface area contributed by atoms with Gasteiger partial charge in [0.2, 0.25) is 0 Å². The molecule has 0 bridgehead atoms. The van der Waals surface area contributed by atoms with Gasteiger partial charge in [-0.25, -0.2) is 0 Å². The second-order valence-electron chi connectivity index (χ2n) is 5.02. The number of hydrogen-bond acceptors (Lipinski definition) is 3. The summed E-state index contributed by atoms with van der Waals surface area (Å²) < 4.78 is 0. The van der Waals surface area contributed by atoms with Crippen LogP contribution in [0.2, 0.25) is 0 Å². The normalized spacial score (nSPS) is 13.8. The molecule has 0 saturated heterocycles. The molecule has 1 atom stereocenters. The van der Waals surface area contributed by atoms with Crippen LogP contribution in [0.4, 0.5) is 5.69 Å². The van der Waals surface area contributed by atoms with Crippen LogP contribution in [-0.2, 0) is 0 Å². The van der Waals surface area contributed by atoms with Crippen molar-refractivity contribution in [3.05, 3.63) is 42.0 Å². The Balaban J connectivity index is 2.54. The molecule has 0 aromatic heterocycles. The Morgan fingerprint density at radius 3 is 2.47 bits per heavy atom. The van der Waals surface area contributed by atoms with E-state index in [2.05, 4.69) is 11.4 Å². The number of nitriles is 1. The molecule has 0 heterocycles. The Morgan fingerprint density at radius 2 is 1.89 bits per heavy atom. The van der Waals surface area contributed by atoms with Gasteiger partial charge in [-0.15, -0.1) is 0 Å². The van der Waals surface area contributed by atoms with Gasteiger partial charge >= 0.3 is 0 Å². The fourth-order valence-electron chi connectivity index (χ4n) is 2.07. The summed E-state index contributed by atoms with van der Waals surface area (Å²) in [5, 5.41) is 24.0. The highest BCUT2D eigenvalue weighted by Crippen LogP contribution is 2.29. The first-order valence-electron chi connectivity index (χ1n) is 6.44. The summed E-state index contributed by atoms with van der Waals surface area (Å²) in [6.45, 7) is 4.09. The molecule has 3 heteroatoms. The van der Waals surface area contributed by atoms with Crippen molar-refractivity contribution < 1.29 is 5.11 Å². The molecule has 0 saturated carbocycles. The number of benzene rings is 2. The van der Waals surface area contributed by atoms with Crippen LogP contribution in [0.5, 0.6) is 0 Å². The van der Waals surface area contributed by atoms with Gasteiger partial charge in [-0.1, -0.05) is 31.2 Å². The van der Waals surface area contributed by atoms with Crippen molar-refractivity contribution in [3.63, 3.8) is 0 Å². The molecule has 2 aromatic rings. The molecular formula is C16H18N2O. The molecule has 0 fully saturated rings. The molecule has 98 valence electrons. The second-order valence-corrected chi connectivity index (χ2v) is 5.02. The highest BCUT2D eigenvalue weighted by atomic mass is 16.3. The number of aliphatic hydroxyl groups is 1. The van der Waals surface area contributed by atoms with Gasteiger partial charge in [0.05, 0.1) is 23.8 Å². The van der Waals surface area contributed by atoms with Crippen molar-refractivity contribution in [1.29, 1.82) is 5.26 Å². The van der Waals surface area contributed by atoms with Gasteiger partial charge in [0.15, 0.2) is 0 Å². The molecule has 1 unspecified atom stereocenters. The lowest BCUT2D eigenvalue weighted by molar-refractivity contribution is 0.219. The number of nitrogens with zero attached hydrogens (tertiary/aromatic N) is 1. The molecule has 3 nitrogen and oxygen atoms in total. The average molecular weight is 254 g/mol. The predicted molar refractivity (Wildman–Crippen MR) is 78.1 cm³/mol. The van der Waals surface area contributed by atoms with E-state index in [0.29, 0.717) is 5.56 Å². The van der Waals surface area contributed by atoms with E-state index in [1.807, 2.05) is 50.2 Å². The summed E-state index contributed by atoms with van der Waals surface area (Å²) >= 11 is 0. The maximum absolute atomic E-state index is 9.50. The van der Waals surface area contributed by atoms with E-state index in [0.717, 1.165) is 22.9 Å². The molecule has 2 rings (SSSR count). The van der Waals surface area contributed by atoms with E-state index in [1.165, 1.54) is 0 Å². The van der Waals surface area contributed by atoms with Crippen molar-refractivity contribution in [2.75, 3.05) is 11.9 Å². The highest BCUT2D eigenvalue weighted by molar-refractivity contribution is 5.97. The van der Waals surface area contributed by atoms with Crippen LogP contribution in [0.25, 0.3) is 10.8 Å². The predicted octanol–water partition coefficient (Wildman–Crippen LogP) is 3.28. The van der Waals surface area contributed by atoms with Crippen molar-refractivity contribution in [3.8, 4) is 6.07 Å². The summed E-state index contributed by atoms with van der Waals surface area (Å²) in [4.78, 5) is 0. The Bertz CT molecular complexity index is 624. The van der Waals surface area contributed by atoms with Gasteiger partial charge in [0, 0.05) is 16.5 Å². The summed E-state index contributed by atoms with van der Waals surface area (Å²) in [6, 6.07) is 13.8. The van der Waals surface area contributed by atoms with Crippen molar-refractivity contribution in [2.24, 2.45) is 0 Å². The lowest BCUT2D eigenvalue weighted by Gasteiger charge is -2.29. The van der Waals surface area contributed by atoms with Crippen molar-refractivity contribution >= 4 is 16.5 Å². The van der Waals surface area contributed by atoms with Crippen molar-refractivity contribution in [2.45, 2.75) is 25.8 Å². The maximum Gasteiger partial charge on any atom is 0.0998 e. The third-order valence-electron chi connectivity index (χ3n) is 3.61. The van der Waals surface area contributed by atoms with Gasteiger partial charge < -0.3 is 10.4 Å². The zero-order chi connectivity index (χ0) is 13.9. The van der Waals surface area contributed by atoms with Gasteiger partial charge in [-0.3, -0.25) is 0 Å². The molecule has 0 amide bonds.